The van der Waals surface area contributed by atoms with Crippen LogP contribution in [0.4, 0.5) is 5.69 Å². The van der Waals surface area contributed by atoms with Gasteiger partial charge in [0.2, 0.25) is 0 Å². The number of nitrogens with one attached hydrogen (secondary N) is 1. The molecule has 0 fully saturated rings. The second kappa shape index (κ2) is 4.90. The van der Waals surface area contributed by atoms with E-state index in [-0.39, 0.29) is 6.61 Å². The average Bonchev–Trinajstić information content (AvgIpc) is 2.29. The molecule has 0 amide bonds. The van der Waals surface area contributed by atoms with Gasteiger partial charge in [0.15, 0.2) is 0 Å². The van der Waals surface area contributed by atoms with Crippen LogP contribution in [-0.2, 0) is 6.42 Å². The summed E-state index contributed by atoms with van der Waals surface area (Å²) in [6.45, 7) is 2.44. The Kier molecular flexibility index (Phi) is 3.54. The first kappa shape index (κ1) is 10.8. The van der Waals surface area contributed by atoms with E-state index in [9.17, 15) is 0 Å². The minimum atomic E-state index is 0.264. The molecule has 1 heterocycles. The lowest BCUT2D eigenvalue weighted by molar-refractivity contribution is 0.282. The van der Waals surface area contributed by atoms with Crippen molar-refractivity contribution < 1.29 is 5.11 Å². The van der Waals surface area contributed by atoms with E-state index >= 15 is 0 Å². The van der Waals surface area contributed by atoms with Crippen LogP contribution >= 0.6 is 11.8 Å². The van der Waals surface area contributed by atoms with Gasteiger partial charge in [-0.05, 0) is 30.5 Å². The van der Waals surface area contributed by atoms with Crippen LogP contribution in [-0.4, -0.2) is 23.5 Å². The summed E-state index contributed by atoms with van der Waals surface area (Å²) in [5.41, 5.74) is 2.62. The number of hydrogen-bond acceptors (Lipinski definition) is 3. The van der Waals surface area contributed by atoms with Crippen molar-refractivity contribution in [2.45, 2.75) is 30.7 Å². The van der Waals surface area contributed by atoms with E-state index < -0.39 is 0 Å². The summed E-state index contributed by atoms with van der Waals surface area (Å²) in [6.07, 6.45) is 1.93. The summed E-state index contributed by atoms with van der Waals surface area (Å²) in [5, 5.41) is 12.4. The number of benzene rings is 1. The van der Waals surface area contributed by atoms with E-state index in [2.05, 4.69) is 30.4 Å². The minimum Gasteiger partial charge on any atom is -0.396 e. The van der Waals surface area contributed by atoms with Gasteiger partial charge in [-0.2, -0.15) is 0 Å². The molecule has 1 aromatic rings. The quantitative estimate of drug-likeness (QED) is 0.826. The van der Waals surface area contributed by atoms with Crippen molar-refractivity contribution in [2.24, 2.45) is 0 Å². The maximum absolute atomic E-state index is 8.90. The van der Waals surface area contributed by atoms with Crippen LogP contribution in [0.1, 0.15) is 18.9 Å². The average molecular weight is 223 g/mol. The molecule has 2 nitrogen and oxygen atoms in total. The Balaban J connectivity index is 2.13. The van der Waals surface area contributed by atoms with E-state index in [1.54, 1.807) is 0 Å². The Morgan fingerprint density at radius 3 is 3.13 bits per heavy atom. The molecule has 0 spiro atoms. The first-order valence-electron chi connectivity index (χ1n) is 5.46. The zero-order valence-corrected chi connectivity index (χ0v) is 9.81. The molecule has 1 aromatic carbocycles. The summed E-state index contributed by atoms with van der Waals surface area (Å²) in [7, 11) is 0. The number of rotatable bonds is 3. The van der Waals surface area contributed by atoms with E-state index in [1.165, 1.54) is 16.1 Å². The third kappa shape index (κ3) is 2.47. The lowest BCUT2D eigenvalue weighted by Gasteiger charge is -2.26. The molecular weight excluding hydrogens is 206 g/mol. The van der Waals surface area contributed by atoms with Gasteiger partial charge in [0, 0.05) is 29.0 Å². The Morgan fingerprint density at radius 1 is 1.53 bits per heavy atom. The van der Waals surface area contributed by atoms with E-state index in [4.69, 9.17) is 5.11 Å². The number of thioether (sulfide) groups is 1. The summed E-state index contributed by atoms with van der Waals surface area (Å²) < 4.78 is 0. The monoisotopic (exact) mass is 223 g/mol. The molecule has 1 atom stereocenters. The number of aliphatic hydroxyl groups excluding tert-OH is 1. The predicted molar refractivity (Wildman–Crippen MR) is 65.7 cm³/mol. The van der Waals surface area contributed by atoms with Crippen molar-refractivity contribution in [1.82, 2.24) is 0 Å². The fraction of sp³-hybridized carbons (Fsp3) is 0.500. The van der Waals surface area contributed by atoms with Crippen LogP contribution < -0.4 is 5.32 Å². The highest BCUT2D eigenvalue weighted by Gasteiger charge is 2.17. The number of aliphatic hydroxyl groups is 1. The highest BCUT2D eigenvalue weighted by molar-refractivity contribution is 7.99. The van der Waals surface area contributed by atoms with Crippen LogP contribution in [0, 0.1) is 0 Å². The lowest BCUT2D eigenvalue weighted by atomic mass is 10.1. The molecule has 2 rings (SSSR count). The molecule has 82 valence electrons. The maximum atomic E-state index is 8.90. The third-order valence-electron chi connectivity index (χ3n) is 2.73. The Morgan fingerprint density at radius 2 is 2.40 bits per heavy atom. The fourth-order valence-electron chi connectivity index (χ4n) is 1.79. The summed E-state index contributed by atoms with van der Waals surface area (Å²) >= 11 is 1.89. The number of fused-ring (bicyclic) bond motifs is 1. The highest BCUT2D eigenvalue weighted by atomic mass is 32.2. The highest BCUT2D eigenvalue weighted by Crippen LogP contribution is 2.34. The van der Waals surface area contributed by atoms with Gasteiger partial charge in [-0.15, -0.1) is 11.8 Å². The van der Waals surface area contributed by atoms with Crippen molar-refractivity contribution in [3.05, 3.63) is 23.8 Å². The van der Waals surface area contributed by atoms with Crippen molar-refractivity contribution in [2.75, 3.05) is 17.7 Å². The van der Waals surface area contributed by atoms with Crippen molar-refractivity contribution >= 4 is 17.4 Å². The third-order valence-corrected chi connectivity index (χ3v) is 3.95. The van der Waals surface area contributed by atoms with Crippen LogP contribution in [0.5, 0.6) is 0 Å². The fourth-order valence-corrected chi connectivity index (χ4v) is 2.94. The maximum Gasteiger partial charge on any atom is 0.0481 e. The number of hydrogen-bond donors (Lipinski definition) is 2. The second-order valence-electron chi connectivity index (χ2n) is 3.85. The topological polar surface area (TPSA) is 32.3 Å². The van der Waals surface area contributed by atoms with Gasteiger partial charge in [0.1, 0.15) is 0 Å². The molecule has 0 radical (unpaired) electrons. The van der Waals surface area contributed by atoms with E-state index in [0.29, 0.717) is 6.04 Å². The van der Waals surface area contributed by atoms with Gasteiger partial charge >= 0.3 is 0 Å². The lowest BCUT2D eigenvalue weighted by Crippen LogP contribution is -2.26. The van der Waals surface area contributed by atoms with Gasteiger partial charge in [-0.1, -0.05) is 13.0 Å². The van der Waals surface area contributed by atoms with Crippen LogP contribution in [0.15, 0.2) is 23.1 Å². The molecule has 0 bridgehead atoms. The molecule has 15 heavy (non-hydrogen) atoms. The van der Waals surface area contributed by atoms with Crippen LogP contribution in [0.25, 0.3) is 0 Å². The molecule has 0 aliphatic carbocycles. The van der Waals surface area contributed by atoms with Crippen LogP contribution in [0.2, 0.25) is 0 Å². The van der Waals surface area contributed by atoms with Crippen molar-refractivity contribution in [3.8, 4) is 0 Å². The largest absolute Gasteiger partial charge is 0.396 e. The van der Waals surface area contributed by atoms with Gasteiger partial charge in [-0.3, -0.25) is 0 Å². The normalized spacial score (nSPS) is 19.5. The minimum absolute atomic E-state index is 0.264. The standard InChI is InChI=1S/C12H17NOS/c1-2-9-3-4-11-12(7-9)15-8-10(13-11)5-6-14/h3-4,7,10,13-14H,2,5-6,8H2,1H3. The number of anilines is 1. The second-order valence-corrected chi connectivity index (χ2v) is 4.91. The molecule has 0 saturated carbocycles. The van der Waals surface area contributed by atoms with Gasteiger partial charge in [-0.25, -0.2) is 0 Å². The zero-order valence-electron chi connectivity index (χ0n) is 8.99. The van der Waals surface area contributed by atoms with Gasteiger partial charge in [0.05, 0.1) is 0 Å². The summed E-state index contributed by atoms with van der Waals surface area (Å²) in [5.74, 6) is 1.06. The predicted octanol–water partition coefficient (Wildman–Crippen LogP) is 2.52. The first-order chi connectivity index (χ1) is 7.33. The Labute approximate surface area is 95.1 Å². The van der Waals surface area contributed by atoms with Crippen molar-refractivity contribution in [1.29, 1.82) is 0 Å². The summed E-state index contributed by atoms with van der Waals surface area (Å²) in [4.78, 5) is 1.35. The van der Waals surface area contributed by atoms with E-state index in [0.717, 1.165) is 18.6 Å². The molecule has 0 saturated heterocycles. The zero-order chi connectivity index (χ0) is 10.7. The smallest absolute Gasteiger partial charge is 0.0481 e. The van der Waals surface area contributed by atoms with Crippen molar-refractivity contribution in [3.63, 3.8) is 0 Å². The molecule has 1 aliphatic heterocycles. The molecule has 1 aliphatic rings. The number of aryl methyl sites for hydroxylation is 1. The van der Waals surface area contributed by atoms with E-state index in [1.807, 2.05) is 11.8 Å². The molecule has 1 unspecified atom stereocenters. The van der Waals surface area contributed by atoms with Crippen LogP contribution in [0.3, 0.4) is 0 Å². The first-order valence-corrected chi connectivity index (χ1v) is 6.45. The Hall–Kier alpha value is -0.670. The molecular formula is C12H17NOS. The molecule has 3 heteroatoms. The van der Waals surface area contributed by atoms with Gasteiger partial charge in [0.25, 0.3) is 0 Å². The molecule has 0 aromatic heterocycles. The Bertz CT molecular complexity index is 340. The summed E-state index contributed by atoms with van der Waals surface area (Å²) in [6, 6.07) is 7.01. The molecule has 2 N–H and O–H groups in total. The SMILES string of the molecule is CCc1ccc2c(c1)SCC(CCO)N2. The van der Waals surface area contributed by atoms with Gasteiger partial charge < -0.3 is 10.4 Å².